The summed E-state index contributed by atoms with van der Waals surface area (Å²) in [6.07, 6.45) is 1.66. The molecule has 1 fully saturated rings. The van der Waals surface area contributed by atoms with E-state index in [4.69, 9.17) is 0 Å². The Morgan fingerprint density at radius 2 is 1.57 bits per heavy atom. The predicted molar refractivity (Wildman–Crippen MR) is 120 cm³/mol. The fourth-order valence-corrected chi connectivity index (χ4v) is 5.45. The van der Waals surface area contributed by atoms with Crippen molar-refractivity contribution in [3.63, 3.8) is 0 Å². The number of halogens is 1. The first kappa shape index (κ1) is 22.5. The number of hydrogen-bond donors (Lipinski definition) is 2. The van der Waals surface area contributed by atoms with Crippen LogP contribution in [-0.4, -0.2) is 37.6 Å². The van der Waals surface area contributed by atoms with Gasteiger partial charge in [-0.05, 0) is 61.2 Å². The lowest BCUT2D eigenvalue weighted by Gasteiger charge is -2.29. The van der Waals surface area contributed by atoms with Gasteiger partial charge in [0.25, 0.3) is 5.91 Å². The van der Waals surface area contributed by atoms with Crippen LogP contribution in [0.25, 0.3) is 0 Å². The third-order valence-corrected chi connectivity index (χ3v) is 7.31. The molecule has 0 aliphatic carbocycles. The first-order valence-electron chi connectivity index (χ1n) is 9.65. The summed E-state index contributed by atoms with van der Waals surface area (Å²) in [5.74, 6) is -0.0950. The van der Waals surface area contributed by atoms with E-state index in [1.165, 1.54) is 23.4 Å². The summed E-state index contributed by atoms with van der Waals surface area (Å²) in [6.45, 7) is 4.50. The average Bonchev–Trinajstić information content (AvgIpc) is 2.69. The van der Waals surface area contributed by atoms with E-state index in [2.05, 4.69) is 33.5 Å². The minimum atomic E-state index is -3.67. The molecule has 7 nitrogen and oxygen atoms in total. The number of piperidine rings is 1. The van der Waals surface area contributed by atoms with Crippen LogP contribution in [-0.2, 0) is 14.8 Å². The quantitative estimate of drug-likeness (QED) is 0.655. The van der Waals surface area contributed by atoms with Crippen LogP contribution < -0.4 is 10.6 Å². The SMILES string of the molecule is CC(=O)Nc1ccc(NC(=O)c2cc(Br)cc(S(=O)(=O)N3CCC(C)CC3)c2)cc1. The topological polar surface area (TPSA) is 95.6 Å². The van der Waals surface area contributed by atoms with Crippen molar-refractivity contribution in [2.75, 3.05) is 23.7 Å². The third-order valence-electron chi connectivity index (χ3n) is 4.98. The Labute approximate surface area is 185 Å². The zero-order chi connectivity index (χ0) is 21.9. The summed E-state index contributed by atoms with van der Waals surface area (Å²) in [5.41, 5.74) is 1.38. The van der Waals surface area contributed by atoms with Crippen molar-refractivity contribution in [1.82, 2.24) is 4.31 Å². The van der Waals surface area contributed by atoms with Gasteiger partial charge in [-0.3, -0.25) is 9.59 Å². The Bertz CT molecular complexity index is 1050. The van der Waals surface area contributed by atoms with E-state index < -0.39 is 15.9 Å². The number of anilines is 2. The van der Waals surface area contributed by atoms with Crippen LogP contribution in [0.2, 0.25) is 0 Å². The number of nitrogens with zero attached hydrogens (tertiary/aromatic N) is 1. The summed E-state index contributed by atoms with van der Waals surface area (Å²) >= 11 is 3.32. The van der Waals surface area contributed by atoms with E-state index in [0.717, 1.165) is 12.8 Å². The maximum absolute atomic E-state index is 13.0. The Morgan fingerprint density at radius 3 is 2.13 bits per heavy atom. The Morgan fingerprint density at radius 1 is 1.00 bits per heavy atom. The number of hydrogen-bond acceptors (Lipinski definition) is 4. The fraction of sp³-hybridized carbons (Fsp3) is 0.333. The van der Waals surface area contributed by atoms with Gasteiger partial charge in [0, 0.05) is 41.4 Å². The number of carbonyl (C=O) groups is 2. The fourth-order valence-electron chi connectivity index (χ4n) is 3.26. The molecule has 3 rings (SSSR count). The summed E-state index contributed by atoms with van der Waals surface area (Å²) < 4.78 is 28.1. The summed E-state index contributed by atoms with van der Waals surface area (Å²) in [4.78, 5) is 23.9. The second-order valence-corrected chi connectivity index (χ2v) is 10.3. The largest absolute Gasteiger partial charge is 0.326 e. The molecule has 160 valence electrons. The van der Waals surface area contributed by atoms with Gasteiger partial charge >= 0.3 is 0 Å². The van der Waals surface area contributed by atoms with Gasteiger partial charge in [-0.2, -0.15) is 4.31 Å². The monoisotopic (exact) mass is 493 g/mol. The molecule has 2 aromatic rings. The number of rotatable bonds is 5. The van der Waals surface area contributed by atoms with Crippen molar-refractivity contribution in [3.05, 3.63) is 52.5 Å². The average molecular weight is 494 g/mol. The van der Waals surface area contributed by atoms with E-state index in [0.29, 0.717) is 34.9 Å². The maximum atomic E-state index is 13.0. The van der Waals surface area contributed by atoms with Gasteiger partial charge in [0.15, 0.2) is 0 Å². The van der Waals surface area contributed by atoms with Gasteiger partial charge < -0.3 is 10.6 Å². The molecule has 1 heterocycles. The molecule has 2 aromatic carbocycles. The van der Waals surface area contributed by atoms with Crippen LogP contribution in [0.4, 0.5) is 11.4 Å². The van der Waals surface area contributed by atoms with Crippen molar-refractivity contribution >= 4 is 49.1 Å². The molecule has 2 N–H and O–H groups in total. The minimum absolute atomic E-state index is 0.0950. The molecule has 0 radical (unpaired) electrons. The number of amides is 2. The lowest BCUT2D eigenvalue weighted by molar-refractivity contribution is -0.114. The lowest BCUT2D eigenvalue weighted by atomic mass is 10.0. The van der Waals surface area contributed by atoms with E-state index in [1.807, 2.05) is 0 Å². The molecule has 1 aliphatic rings. The normalized spacial score (nSPS) is 15.6. The second kappa shape index (κ2) is 9.28. The van der Waals surface area contributed by atoms with E-state index in [1.54, 1.807) is 30.3 Å². The summed E-state index contributed by atoms with van der Waals surface area (Å²) in [5, 5.41) is 5.40. The van der Waals surface area contributed by atoms with Crippen LogP contribution in [0.3, 0.4) is 0 Å². The van der Waals surface area contributed by atoms with E-state index >= 15 is 0 Å². The van der Waals surface area contributed by atoms with Gasteiger partial charge in [0.2, 0.25) is 15.9 Å². The highest BCUT2D eigenvalue weighted by Gasteiger charge is 2.29. The molecule has 0 bridgehead atoms. The van der Waals surface area contributed by atoms with Crippen molar-refractivity contribution in [2.45, 2.75) is 31.6 Å². The van der Waals surface area contributed by atoms with Crippen molar-refractivity contribution in [2.24, 2.45) is 5.92 Å². The second-order valence-electron chi connectivity index (χ2n) is 7.47. The zero-order valence-electron chi connectivity index (χ0n) is 16.8. The predicted octanol–water partition coefficient (Wildman–Crippen LogP) is 4.08. The van der Waals surface area contributed by atoms with Gasteiger partial charge in [-0.1, -0.05) is 22.9 Å². The number of sulfonamides is 1. The molecule has 2 amide bonds. The molecule has 1 saturated heterocycles. The molecule has 0 aromatic heterocycles. The van der Waals surface area contributed by atoms with Crippen molar-refractivity contribution in [1.29, 1.82) is 0 Å². The van der Waals surface area contributed by atoms with E-state index in [-0.39, 0.29) is 16.4 Å². The molecule has 9 heteroatoms. The molecule has 30 heavy (non-hydrogen) atoms. The van der Waals surface area contributed by atoms with Crippen molar-refractivity contribution < 1.29 is 18.0 Å². The maximum Gasteiger partial charge on any atom is 0.255 e. The molecule has 0 saturated carbocycles. The van der Waals surface area contributed by atoms with Crippen molar-refractivity contribution in [3.8, 4) is 0 Å². The highest BCUT2D eigenvalue weighted by Crippen LogP contribution is 2.27. The number of carbonyl (C=O) groups excluding carboxylic acids is 2. The van der Waals surface area contributed by atoms with E-state index in [9.17, 15) is 18.0 Å². The van der Waals surface area contributed by atoms with Gasteiger partial charge in [-0.15, -0.1) is 0 Å². The molecular formula is C21H24BrN3O4S. The smallest absolute Gasteiger partial charge is 0.255 e. The first-order valence-corrected chi connectivity index (χ1v) is 11.9. The molecule has 0 atom stereocenters. The standard InChI is InChI=1S/C21H24BrN3O4S/c1-14-7-9-25(10-8-14)30(28,29)20-12-16(11-17(22)13-20)21(27)24-19-5-3-18(4-6-19)23-15(2)26/h3-6,11-14H,7-10H2,1-2H3,(H,23,26)(H,24,27). The molecule has 0 spiro atoms. The minimum Gasteiger partial charge on any atom is -0.326 e. The third kappa shape index (κ3) is 5.47. The number of benzene rings is 2. The zero-order valence-corrected chi connectivity index (χ0v) is 19.2. The van der Waals surface area contributed by atoms with Crippen LogP contribution >= 0.6 is 15.9 Å². The highest BCUT2D eigenvalue weighted by molar-refractivity contribution is 9.10. The van der Waals surface area contributed by atoms with Crippen LogP contribution in [0, 0.1) is 5.92 Å². The molecular weight excluding hydrogens is 470 g/mol. The van der Waals surface area contributed by atoms with Gasteiger partial charge in [-0.25, -0.2) is 8.42 Å². The summed E-state index contributed by atoms with van der Waals surface area (Å²) in [7, 11) is -3.67. The summed E-state index contributed by atoms with van der Waals surface area (Å²) in [6, 6.07) is 11.2. The Kier molecular flexibility index (Phi) is 6.95. The highest BCUT2D eigenvalue weighted by atomic mass is 79.9. The molecule has 0 unspecified atom stereocenters. The Balaban J connectivity index is 1.79. The van der Waals surface area contributed by atoms with Crippen LogP contribution in [0.15, 0.2) is 51.8 Å². The van der Waals surface area contributed by atoms with Crippen LogP contribution in [0.1, 0.15) is 37.0 Å². The molecule has 1 aliphatic heterocycles. The first-order chi connectivity index (χ1) is 14.1. The van der Waals surface area contributed by atoms with Gasteiger partial charge in [0.1, 0.15) is 0 Å². The lowest BCUT2D eigenvalue weighted by Crippen LogP contribution is -2.38. The van der Waals surface area contributed by atoms with Crippen LogP contribution in [0.5, 0.6) is 0 Å². The van der Waals surface area contributed by atoms with Gasteiger partial charge in [0.05, 0.1) is 4.90 Å². The number of nitrogens with one attached hydrogen (secondary N) is 2. The Hall–Kier alpha value is -2.23.